The van der Waals surface area contributed by atoms with Crippen molar-refractivity contribution in [1.82, 2.24) is 14.8 Å². The van der Waals surface area contributed by atoms with Gasteiger partial charge in [0.1, 0.15) is 5.82 Å². The Hall–Kier alpha value is -1.79. The summed E-state index contributed by atoms with van der Waals surface area (Å²) >= 11 is 1.58. The topological polar surface area (TPSA) is 36.4 Å². The van der Waals surface area contributed by atoms with Crippen LogP contribution in [0, 0.1) is 12.7 Å². The molecule has 1 aliphatic heterocycles. The van der Waals surface area contributed by atoms with Gasteiger partial charge in [-0.15, -0.1) is 11.3 Å². The summed E-state index contributed by atoms with van der Waals surface area (Å²) in [4.78, 5) is 21.1. The van der Waals surface area contributed by atoms with Crippen LogP contribution in [0.3, 0.4) is 0 Å². The van der Waals surface area contributed by atoms with E-state index in [-0.39, 0.29) is 11.7 Å². The van der Waals surface area contributed by atoms with Gasteiger partial charge < -0.3 is 4.90 Å². The van der Waals surface area contributed by atoms with E-state index in [9.17, 15) is 9.18 Å². The first-order valence-corrected chi connectivity index (χ1v) is 9.14. The molecule has 0 bridgehead atoms. The number of carbonyl (C=O) groups excluding carboxylic acids is 1. The molecule has 4 nitrogen and oxygen atoms in total. The van der Waals surface area contributed by atoms with Crippen LogP contribution in [0.4, 0.5) is 4.39 Å². The highest BCUT2D eigenvalue weighted by atomic mass is 32.1. The highest BCUT2D eigenvalue weighted by molar-refractivity contribution is 7.09. The summed E-state index contributed by atoms with van der Waals surface area (Å²) in [6.07, 6.45) is 1.35. The fourth-order valence-electron chi connectivity index (χ4n) is 2.98. The summed E-state index contributed by atoms with van der Waals surface area (Å²) in [5.41, 5.74) is 1.98. The van der Waals surface area contributed by atoms with Crippen molar-refractivity contribution < 1.29 is 9.18 Å². The molecule has 1 aliphatic rings. The van der Waals surface area contributed by atoms with Crippen LogP contribution in [0.2, 0.25) is 0 Å². The third-order valence-electron chi connectivity index (χ3n) is 4.26. The van der Waals surface area contributed by atoms with Gasteiger partial charge in [0.05, 0.1) is 17.1 Å². The molecular formula is C18H22FN3OS. The van der Waals surface area contributed by atoms with Crippen molar-refractivity contribution in [2.24, 2.45) is 0 Å². The largest absolute Gasteiger partial charge is 0.341 e. The number of hydrogen-bond acceptors (Lipinski definition) is 4. The SMILES string of the molecule is Cc1nc(CC(=O)N2CCCN(Cc3ccc(F)cc3)CC2)cs1. The lowest BCUT2D eigenvalue weighted by Crippen LogP contribution is -2.36. The first-order chi connectivity index (χ1) is 11.6. The minimum atomic E-state index is -0.205. The molecule has 3 rings (SSSR count). The number of halogens is 1. The highest BCUT2D eigenvalue weighted by Gasteiger charge is 2.20. The summed E-state index contributed by atoms with van der Waals surface area (Å²) in [7, 11) is 0. The molecular weight excluding hydrogens is 325 g/mol. The average molecular weight is 347 g/mol. The van der Waals surface area contributed by atoms with E-state index in [0.717, 1.165) is 55.4 Å². The molecule has 2 heterocycles. The van der Waals surface area contributed by atoms with E-state index in [1.54, 1.807) is 11.3 Å². The molecule has 1 amide bonds. The zero-order valence-electron chi connectivity index (χ0n) is 13.9. The molecule has 0 atom stereocenters. The molecule has 128 valence electrons. The second kappa shape index (κ2) is 7.85. The number of carbonyl (C=O) groups is 1. The Bertz CT molecular complexity index is 686. The van der Waals surface area contributed by atoms with Crippen LogP contribution in [0.5, 0.6) is 0 Å². The van der Waals surface area contributed by atoms with Gasteiger partial charge in [0.2, 0.25) is 5.91 Å². The Morgan fingerprint density at radius 1 is 1.21 bits per heavy atom. The van der Waals surface area contributed by atoms with E-state index < -0.39 is 0 Å². The van der Waals surface area contributed by atoms with Crippen LogP contribution in [-0.4, -0.2) is 46.9 Å². The van der Waals surface area contributed by atoms with Gasteiger partial charge in [-0.05, 0) is 31.0 Å². The maximum atomic E-state index is 13.0. The van der Waals surface area contributed by atoms with Crippen molar-refractivity contribution in [3.8, 4) is 0 Å². The van der Waals surface area contributed by atoms with Crippen molar-refractivity contribution >= 4 is 17.2 Å². The second-order valence-electron chi connectivity index (χ2n) is 6.17. The van der Waals surface area contributed by atoms with Crippen LogP contribution in [-0.2, 0) is 17.8 Å². The number of rotatable bonds is 4. The third-order valence-corrected chi connectivity index (χ3v) is 5.08. The van der Waals surface area contributed by atoms with E-state index >= 15 is 0 Å². The molecule has 24 heavy (non-hydrogen) atoms. The number of benzene rings is 1. The fraction of sp³-hybridized carbons (Fsp3) is 0.444. The summed E-state index contributed by atoms with van der Waals surface area (Å²) < 4.78 is 13.0. The van der Waals surface area contributed by atoms with Crippen molar-refractivity contribution in [1.29, 1.82) is 0 Å². The van der Waals surface area contributed by atoms with Gasteiger partial charge in [-0.3, -0.25) is 9.69 Å². The highest BCUT2D eigenvalue weighted by Crippen LogP contribution is 2.13. The molecule has 0 aliphatic carbocycles. The number of hydrogen-bond donors (Lipinski definition) is 0. The molecule has 6 heteroatoms. The Balaban J connectivity index is 1.52. The molecule has 1 fully saturated rings. The second-order valence-corrected chi connectivity index (χ2v) is 7.23. The fourth-order valence-corrected chi connectivity index (χ4v) is 3.60. The minimum Gasteiger partial charge on any atom is -0.341 e. The minimum absolute atomic E-state index is 0.156. The molecule has 1 saturated heterocycles. The van der Waals surface area contributed by atoms with Gasteiger partial charge >= 0.3 is 0 Å². The smallest absolute Gasteiger partial charge is 0.228 e. The number of aromatic nitrogens is 1. The van der Waals surface area contributed by atoms with Crippen molar-refractivity contribution in [3.63, 3.8) is 0 Å². The number of aryl methyl sites for hydroxylation is 1. The lowest BCUT2D eigenvalue weighted by atomic mass is 10.2. The van der Waals surface area contributed by atoms with Crippen LogP contribution < -0.4 is 0 Å². The van der Waals surface area contributed by atoms with Crippen molar-refractivity contribution in [2.75, 3.05) is 26.2 Å². The number of nitrogens with zero attached hydrogens (tertiary/aromatic N) is 3. The third kappa shape index (κ3) is 4.61. The zero-order valence-corrected chi connectivity index (χ0v) is 14.7. The Morgan fingerprint density at radius 2 is 2.00 bits per heavy atom. The van der Waals surface area contributed by atoms with Gasteiger partial charge in [0, 0.05) is 38.1 Å². The average Bonchev–Trinajstić information content (AvgIpc) is 2.83. The summed E-state index contributed by atoms with van der Waals surface area (Å²) in [5, 5.41) is 2.96. The predicted octanol–water partition coefficient (Wildman–Crippen LogP) is 2.87. The van der Waals surface area contributed by atoms with Gasteiger partial charge in [0.15, 0.2) is 0 Å². The molecule has 0 N–H and O–H groups in total. The summed E-state index contributed by atoms with van der Waals surface area (Å²) in [6, 6.07) is 6.65. The summed E-state index contributed by atoms with van der Waals surface area (Å²) in [6.45, 7) is 6.09. The van der Waals surface area contributed by atoms with E-state index in [1.165, 1.54) is 12.1 Å². The van der Waals surface area contributed by atoms with Crippen LogP contribution in [0.15, 0.2) is 29.6 Å². The van der Waals surface area contributed by atoms with Crippen LogP contribution in [0.1, 0.15) is 22.7 Å². The van der Waals surface area contributed by atoms with Gasteiger partial charge in [-0.25, -0.2) is 9.37 Å². The predicted molar refractivity (Wildman–Crippen MR) is 93.4 cm³/mol. The van der Waals surface area contributed by atoms with Crippen molar-refractivity contribution in [3.05, 3.63) is 51.7 Å². The Kier molecular flexibility index (Phi) is 5.58. The van der Waals surface area contributed by atoms with E-state index in [1.807, 2.05) is 29.3 Å². The maximum absolute atomic E-state index is 13.0. The van der Waals surface area contributed by atoms with Crippen LogP contribution >= 0.6 is 11.3 Å². The molecule has 0 saturated carbocycles. The normalized spacial score (nSPS) is 16.2. The number of thiazole rings is 1. The maximum Gasteiger partial charge on any atom is 0.228 e. The van der Waals surface area contributed by atoms with E-state index in [0.29, 0.717) is 6.42 Å². The monoisotopic (exact) mass is 347 g/mol. The van der Waals surface area contributed by atoms with Crippen LogP contribution in [0.25, 0.3) is 0 Å². The zero-order chi connectivity index (χ0) is 16.9. The lowest BCUT2D eigenvalue weighted by molar-refractivity contribution is -0.130. The van der Waals surface area contributed by atoms with Gasteiger partial charge in [-0.1, -0.05) is 12.1 Å². The number of amides is 1. The molecule has 2 aromatic rings. The molecule has 1 aromatic carbocycles. The molecule has 0 radical (unpaired) electrons. The Labute approximate surface area is 145 Å². The first kappa shape index (κ1) is 17.0. The first-order valence-electron chi connectivity index (χ1n) is 8.26. The standard InChI is InChI=1S/C18H22FN3OS/c1-14-20-17(13-24-14)11-18(23)22-8-2-7-21(9-10-22)12-15-3-5-16(19)6-4-15/h3-6,13H,2,7-12H2,1H3. The quantitative estimate of drug-likeness (QED) is 0.853. The molecule has 0 unspecified atom stereocenters. The van der Waals surface area contributed by atoms with E-state index in [4.69, 9.17) is 0 Å². The lowest BCUT2D eigenvalue weighted by Gasteiger charge is -2.22. The van der Waals surface area contributed by atoms with Gasteiger partial charge in [0.25, 0.3) is 0 Å². The van der Waals surface area contributed by atoms with Crippen molar-refractivity contribution in [2.45, 2.75) is 26.3 Å². The Morgan fingerprint density at radius 3 is 2.71 bits per heavy atom. The van der Waals surface area contributed by atoms with E-state index in [2.05, 4.69) is 9.88 Å². The summed E-state index contributed by atoms with van der Waals surface area (Å²) in [5.74, 6) is -0.0485. The molecule has 1 aromatic heterocycles. The van der Waals surface area contributed by atoms with Gasteiger partial charge in [-0.2, -0.15) is 0 Å². The molecule has 0 spiro atoms.